The highest BCUT2D eigenvalue weighted by Crippen LogP contribution is 2.39. The minimum atomic E-state index is 0.567. The molecule has 1 aromatic heterocycles. The molecule has 0 N–H and O–H groups in total. The largest absolute Gasteiger partial charge is 0.226 e. The van der Waals surface area contributed by atoms with E-state index in [1.165, 1.54) is 12.8 Å². The molecule has 0 saturated heterocycles. The van der Waals surface area contributed by atoms with Crippen LogP contribution in [0.25, 0.3) is 0 Å². The van der Waals surface area contributed by atoms with Crippen LogP contribution >= 0.6 is 39.3 Å². The SMILES string of the molecule is Clc1ccccc1CSc1cc(Br)nc(C2CC2)n1. The Labute approximate surface area is 130 Å². The van der Waals surface area contributed by atoms with E-state index in [0.29, 0.717) is 5.92 Å². The molecular weight excluding hydrogens is 344 g/mol. The Morgan fingerprint density at radius 1 is 1.26 bits per heavy atom. The molecule has 1 aromatic carbocycles. The molecule has 2 nitrogen and oxygen atoms in total. The Morgan fingerprint density at radius 3 is 2.79 bits per heavy atom. The molecule has 5 heteroatoms. The smallest absolute Gasteiger partial charge is 0.134 e. The van der Waals surface area contributed by atoms with Crippen LogP contribution in [-0.2, 0) is 5.75 Å². The molecule has 0 aliphatic heterocycles. The average Bonchev–Trinajstić information content (AvgIpc) is 3.21. The second kappa shape index (κ2) is 5.81. The van der Waals surface area contributed by atoms with Gasteiger partial charge in [0.15, 0.2) is 0 Å². The van der Waals surface area contributed by atoms with Gasteiger partial charge in [0.2, 0.25) is 0 Å². The van der Waals surface area contributed by atoms with Gasteiger partial charge in [-0.1, -0.05) is 29.8 Å². The van der Waals surface area contributed by atoms with Crippen LogP contribution in [0.3, 0.4) is 0 Å². The maximum absolute atomic E-state index is 6.16. The maximum Gasteiger partial charge on any atom is 0.134 e. The first kappa shape index (κ1) is 13.4. The first-order valence-electron chi connectivity index (χ1n) is 6.13. The number of nitrogens with zero attached hydrogens (tertiary/aromatic N) is 2. The van der Waals surface area contributed by atoms with Gasteiger partial charge in [0.1, 0.15) is 15.5 Å². The maximum atomic E-state index is 6.16. The Balaban J connectivity index is 1.74. The number of thioether (sulfide) groups is 1. The predicted molar refractivity (Wildman–Crippen MR) is 82.7 cm³/mol. The van der Waals surface area contributed by atoms with E-state index in [1.54, 1.807) is 11.8 Å². The molecule has 0 spiro atoms. The predicted octanol–water partition coefficient (Wildman–Crippen LogP) is 5.06. The number of rotatable bonds is 4. The standard InChI is InChI=1S/C14H12BrClN2S/c15-12-7-13(18-14(17-12)9-5-6-9)19-8-10-3-1-2-4-11(10)16/h1-4,7,9H,5-6,8H2. The monoisotopic (exact) mass is 354 g/mol. The van der Waals surface area contributed by atoms with Crippen molar-refractivity contribution in [2.45, 2.75) is 29.5 Å². The molecule has 1 fully saturated rings. The Bertz CT molecular complexity index is 602. The molecular formula is C14H12BrClN2S. The van der Waals surface area contributed by atoms with Gasteiger partial charge < -0.3 is 0 Å². The lowest BCUT2D eigenvalue weighted by molar-refractivity contribution is 0.866. The van der Waals surface area contributed by atoms with E-state index in [4.69, 9.17) is 11.6 Å². The van der Waals surface area contributed by atoms with Gasteiger partial charge in [0, 0.05) is 22.8 Å². The van der Waals surface area contributed by atoms with Gasteiger partial charge in [-0.15, -0.1) is 11.8 Å². The lowest BCUT2D eigenvalue weighted by Gasteiger charge is -2.05. The van der Waals surface area contributed by atoms with E-state index >= 15 is 0 Å². The first-order valence-corrected chi connectivity index (χ1v) is 8.29. The lowest BCUT2D eigenvalue weighted by atomic mass is 10.2. The van der Waals surface area contributed by atoms with Crippen molar-refractivity contribution in [2.24, 2.45) is 0 Å². The van der Waals surface area contributed by atoms with Crippen LogP contribution in [0, 0.1) is 0 Å². The van der Waals surface area contributed by atoms with Gasteiger partial charge in [-0.2, -0.15) is 0 Å². The minimum Gasteiger partial charge on any atom is -0.226 e. The third-order valence-corrected chi connectivity index (χ3v) is 4.70. The van der Waals surface area contributed by atoms with Crippen LogP contribution in [0.5, 0.6) is 0 Å². The zero-order valence-electron chi connectivity index (χ0n) is 10.1. The summed E-state index contributed by atoms with van der Waals surface area (Å²) in [5, 5.41) is 1.81. The van der Waals surface area contributed by atoms with Crippen molar-refractivity contribution >= 4 is 39.3 Å². The van der Waals surface area contributed by atoms with Crippen molar-refractivity contribution in [3.05, 3.63) is 51.3 Å². The summed E-state index contributed by atoms with van der Waals surface area (Å²) in [4.78, 5) is 9.05. The summed E-state index contributed by atoms with van der Waals surface area (Å²) in [5.74, 6) is 2.36. The second-order valence-electron chi connectivity index (χ2n) is 4.54. The Kier molecular flexibility index (Phi) is 4.10. The zero-order valence-corrected chi connectivity index (χ0v) is 13.3. The molecule has 1 heterocycles. The van der Waals surface area contributed by atoms with Crippen LogP contribution in [-0.4, -0.2) is 9.97 Å². The molecule has 0 radical (unpaired) electrons. The molecule has 19 heavy (non-hydrogen) atoms. The fraction of sp³-hybridized carbons (Fsp3) is 0.286. The van der Waals surface area contributed by atoms with E-state index in [0.717, 1.165) is 31.8 Å². The molecule has 2 aromatic rings. The van der Waals surface area contributed by atoms with Gasteiger partial charge in [-0.05, 0) is 40.4 Å². The van der Waals surface area contributed by atoms with Crippen molar-refractivity contribution in [1.82, 2.24) is 9.97 Å². The Morgan fingerprint density at radius 2 is 2.05 bits per heavy atom. The van der Waals surface area contributed by atoms with Gasteiger partial charge in [0.05, 0.1) is 0 Å². The highest BCUT2D eigenvalue weighted by molar-refractivity contribution is 9.10. The van der Waals surface area contributed by atoms with Gasteiger partial charge in [-0.25, -0.2) is 9.97 Å². The summed E-state index contributed by atoms with van der Waals surface area (Å²) in [6.45, 7) is 0. The Hall–Kier alpha value is -0.580. The third kappa shape index (κ3) is 3.50. The molecule has 0 atom stereocenters. The number of halogens is 2. The minimum absolute atomic E-state index is 0.567. The fourth-order valence-electron chi connectivity index (χ4n) is 1.78. The van der Waals surface area contributed by atoms with Gasteiger partial charge in [0.25, 0.3) is 0 Å². The molecule has 1 aliphatic carbocycles. The molecule has 0 bridgehead atoms. The molecule has 3 rings (SSSR count). The molecule has 1 saturated carbocycles. The second-order valence-corrected chi connectivity index (χ2v) is 6.76. The van der Waals surface area contributed by atoms with Crippen LogP contribution < -0.4 is 0 Å². The number of aromatic nitrogens is 2. The summed E-state index contributed by atoms with van der Waals surface area (Å²) in [6, 6.07) is 9.89. The molecule has 98 valence electrons. The van der Waals surface area contributed by atoms with E-state index in [1.807, 2.05) is 30.3 Å². The van der Waals surface area contributed by atoms with Crippen molar-refractivity contribution in [3.63, 3.8) is 0 Å². The highest BCUT2D eigenvalue weighted by atomic mass is 79.9. The van der Waals surface area contributed by atoms with Crippen molar-refractivity contribution in [1.29, 1.82) is 0 Å². The van der Waals surface area contributed by atoms with E-state index in [-0.39, 0.29) is 0 Å². The van der Waals surface area contributed by atoms with Crippen LogP contribution in [0.4, 0.5) is 0 Å². The average molecular weight is 356 g/mol. The summed E-state index contributed by atoms with van der Waals surface area (Å²) < 4.78 is 0.867. The lowest BCUT2D eigenvalue weighted by Crippen LogP contribution is -1.95. The van der Waals surface area contributed by atoms with Gasteiger partial charge in [-0.3, -0.25) is 0 Å². The van der Waals surface area contributed by atoms with Crippen molar-refractivity contribution < 1.29 is 0 Å². The van der Waals surface area contributed by atoms with Crippen molar-refractivity contribution in [2.75, 3.05) is 0 Å². The first-order chi connectivity index (χ1) is 9.22. The number of benzene rings is 1. The van der Waals surface area contributed by atoms with Crippen LogP contribution in [0.1, 0.15) is 30.1 Å². The van der Waals surface area contributed by atoms with E-state index in [2.05, 4.69) is 25.9 Å². The number of hydrogen-bond donors (Lipinski definition) is 0. The zero-order chi connectivity index (χ0) is 13.2. The van der Waals surface area contributed by atoms with Gasteiger partial charge >= 0.3 is 0 Å². The molecule has 1 aliphatic rings. The summed E-state index contributed by atoms with van der Waals surface area (Å²) >= 11 is 11.3. The third-order valence-electron chi connectivity index (χ3n) is 2.96. The quantitative estimate of drug-likeness (QED) is 0.566. The molecule has 0 amide bonds. The molecule has 0 unspecified atom stereocenters. The normalized spacial score (nSPS) is 14.6. The summed E-state index contributed by atoms with van der Waals surface area (Å²) in [6.07, 6.45) is 2.43. The number of hydrogen-bond acceptors (Lipinski definition) is 3. The van der Waals surface area contributed by atoms with Crippen molar-refractivity contribution in [3.8, 4) is 0 Å². The van der Waals surface area contributed by atoms with E-state index in [9.17, 15) is 0 Å². The highest BCUT2D eigenvalue weighted by Gasteiger charge is 2.27. The van der Waals surface area contributed by atoms with Crippen LogP contribution in [0.2, 0.25) is 5.02 Å². The van der Waals surface area contributed by atoms with Crippen LogP contribution in [0.15, 0.2) is 40.0 Å². The topological polar surface area (TPSA) is 25.8 Å². The van der Waals surface area contributed by atoms with E-state index < -0.39 is 0 Å². The summed E-state index contributed by atoms with van der Waals surface area (Å²) in [5.41, 5.74) is 1.14. The fourth-order valence-corrected chi connectivity index (χ4v) is 3.52. The summed E-state index contributed by atoms with van der Waals surface area (Å²) in [7, 11) is 0.